The second-order valence-electron chi connectivity index (χ2n) is 4.15. The molecule has 3 rings (SSSR count). The Morgan fingerprint density at radius 3 is 2.90 bits per heavy atom. The summed E-state index contributed by atoms with van der Waals surface area (Å²) in [5.74, 6) is -0.374. The lowest BCUT2D eigenvalue weighted by atomic mass is 10.4. The lowest BCUT2D eigenvalue weighted by Gasteiger charge is -1.99. The first-order chi connectivity index (χ1) is 10.0. The molecule has 0 N–H and O–H groups in total. The summed E-state index contributed by atoms with van der Waals surface area (Å²) >= 11 is 13.9. The second kappa shape index (κ2) is 6.08. The predicted molar refractivity (Wildman–Crippen MR) is 89.0 cm³/mol. The van der Waals surface area contributed by atoms with Crippen molar-refractivity contribution in [2.24, 2.45) is 0 Å². The topological polar surface area (TPSA) is 43.6 Å². The van der Waals surface area contributed by atoms with Crippen molar-refractivity contribution in [3.8, 4) is 0 Å². The number of esters is 1. The highest BCUT2D eigenvalue weighted by Gasteiger charge is 2.14. The van der Waals surface area contributed by atoms with E-state index in [4.69, 9.17) is 16.3 Å². The Balaban J connectivity index is 1.72. The van der Waals surface area contributed by atoms with Gasteiger partial charge in [-0.1, -0.05) is 11.6 Å². The van der Waals surface area contributed by atoms with Gasteiger partial charge in [0.25, 0.3) is 0 Å². The standard InChI is InChI=1S/C13H7Br2ClN2O2S/c14-9-3-10(21-12(9)15)13(19)20-6-8-5-18-4-7(16)1-2-11(18)17-8/h1-5H,6H2. The molecule has 3 aromatic rings. The zero-order valence-corrected chi connectivity index (χ0v) is 15.1. The number of pyridine rings is 1. The molecule has 0 aliphatic carbocycles. The van der Waals surface area contributed by atoms with Crippen LogP contribution in [0.5, 0.6) is 0 Å². The Morgan fingerprint density at radius 1 is 1.38 bits per heavy atom. The number of hydrogen-bond acceptors (Lipinski definition) is 4. The van der Waals surface area contributed by atoms with Crippen molar-refractivity contribution in [3.63, 3.8) is 0 Å². The molecular formula is C13H7Br2ClN2O2S. The molecule has 0 bridgehead atoms. The fourth-order valence-electron chi connectivity index (χ4n) is 1.74. The molecule has 3 aromatic heterocycles. The van der Waals surface area contributed by atoms with Crippen LogP contribution in [0.1, 0.15) is 15.4 Å². The van der Waals surface area contributed by atoms with Gasteiger partial charge in [-0.05, 0) is 50.1 Å². The summed E-state index contributed by atoms with van der Waals surface area (Å²) in [6.07, 6.45) is 3.54. The van der Waals surface area contributed by atoms with Crippen molar-refractivity contribution in [1.82, 2.24) is 9.38 Å². The molecule has 0 fully saturated rings. The van der Waals surface area contributed by atoms with Crippen LogP contribution >= 0.6 is 54.8 Å². The van der Waals surface area contributed by atoms with Crippen LogP contribution in [-0.2, 0) is 11.3 Å². The summed E-state index contributed by atoms with van der Waals surface area (Å²) in [5, 5.41) is 0.622. The minimum atomic E-state index is -0.374. The molecule has 0 amide bonds. The van der Waals surface area contributed by atoms with Crippen LogP contribution in [-0.4, -0.2) is 15.4 Å². The van der Waals surface area contributed by atoms with Gasteiger partial charge in [0.2, 0.25) is 0 Å². The van der Waals surface area contributed by atoms with Gasteiger partial charge in [-0.3, -0.25) is 0 Å². The number of carbonyl (C=O) groups excluding carboxylic acids is 1. The zero-order valence-electron chi connectivity index (χ0n) is 10.3. The van der Waals surface area contributed by atoms with Gasteiger partial charge < -0.3 is 9.14 Å². The molecule has 0 aromatic carbocycles. The van der Waals surface area contributed by atoms with E-state index < -0.39 is 0 Å². The third kappa shape index (κ3) is 3.31. The average molecular weight is 451 g/mol. The summed E-state index contributed by atoms with van der Waals surface area (Å²) in [4.78, 5) is 16.8. The lowest BCUT2D eigenvalue weighted by Crippen LogP contribution is -2.03. The molecule has 0 saturated carbocycles. The molecule has 0 saturated heterocycles. The number of fused-ring (bicyclic) bond motifs is 1. The van der Waals surface area contributed by atoms with Crippen LogP contribution in [0.3, 0.4) is 0 Å². The summed E-state index contributed by atoms with van der Waals surface area (Å²) in [6, 6.07) is 5.29. The minimum Gasteiger partial charge on any atom is -0.455 e. The molecule has 4 nitrogen and oxygen atoms in total. The molecule has 3 heterocycles. The predicted octanol–water partition coefficient (Wildman–Crippen LogP) is 4.93. The second-order valence-corrected chi connectivity index (χ2v) is 7.81. The molecule has 0 aliphatic rings. The monoisotopic (exact) mass is 448 g/mol. The lowest BCUT2D eigenvalue weighted by molar-refractivity contribution is 0.0474. The van der Waals surface area contributed by atoms with E-state index in [9.17, 15) is 4.79 Å². The van der Waals surface area contributed by atoms with Crippen LogP contribution < -0.4 is 0 Å². The van der Waals surface area contributed by atoms with Gasteiger partial charge >= 0.3 is 5.97 Å². The fraction of sp³-hybridized carbons (Fsp3) is 0.0769. The molecule has 21 heavy (non-hydrogen) atoms. The van der Waals surface area contributed by atoms with Crippen molar-refractivity contribution in [2.45, 2.75) is 6.61 Å². The van der Waals surface area contributed by atoms with Gasteiger partial charge in [-0.25, -0.2) is 9.78 Å². The SMILES string of the molecule is O=C(OCc1cn2cc(Cl)ccc2n1)c1cc(Br)c(Br)s1. The Hall–Kier alpha value is -0.890. The largest absolute Gasteiger partial charge is 0.455 e. The molecule has 108 valence electrons. The Bertz CT molecular complexity index is 811. The van der Waals surface area contributed by atoms with Gasteiger partial charge in [0, 0.05) is 16.9 Å². The van der Waals surface area contributed by atoms with Gasteiger partial charge in [-0.15, -0.1) is 11.3 Å². The van der Waals surface area contributed by atoms with Crippen molar-refractivity contribution >= 4 is 66.4 Å². The molecule has 0 aliphatic heterocycles. The number of carbonyl (C=O) groups is 1. The highest BCUT2D eigenvalue weighted by atomic mass is 79.9. The van der Waals surface area contributed by atoms with E-state index >= 15 is 0 Å². The van der Waals surface area contributed by atoms with Crippen LogP contribution in [0.2, 0.25) is 5.02 Å². The van der Waals surface area contributed by atoms with Crippen LogP contribution in [0.25, 0.3) is 5.65 Å². The highest BCUT2D eigenvalue weighted by Crippen LogP contribution is 2.32. The number of rotatable bonds is 3. The first kappa shape index (κ1) is 15.0. The average Bonchev–Trinajstić information content (AvgIpc) is 2.99. The fourth-order valence-corrected chi connectivity index (χ4v) is 3.84. The zero-order chi connectivity index (χ0) is 15.0. The Morgan fingerprint density at radius 2 is 2.19 bits per heavy atom. The van der Waals surface area contributed by atoms with E-state index in [1.54, 1.807) is 35.0 Å². The molecule has 0 spiro atoms. The number of thiophene rings is 1. The molecule has 0 atom stereocenters. The van der Waals surface area contributed by atoms with Crippen LogP contribution in [0, 0.1) is 0 Å². The number of nitrogens with zero attached hydrogens (tertiary/aromatic N) is 2. The third-order valence-corrected chi connectivity index (χ3v) is 6.12. The molecule has 8 heteroatoms. The quantitative estimate of drug-likeness (QED) is 0.532. The van der Waals surface area contributed by atoms with Crippen molar-refractivity contribution in [3.05, 3.63) is 54.4 Å². The van der Waals surface area contributed by atoms with Crippen LogP contribution in [0.15, 0.2) is 38.9 Å². The maximum Gasteiger partial charge on any atom is 0.348 e. The summed E-state index contributed by atoms with van der Waals surface area (Å²) < 4.78 is 8.75. The normalized spacial score (nSPS) is 11.0. The minimum absolute atomic E-state index is 0.116. The third-order valence-electron chi connectivity index (χ3n) is 2.66. The maximum absolute atomic E-state index is 11.9. The molecule has 0 unspecified atom stereocenters. The van der Waals surface area contributed by atoms with Gasteiger partial charge in [0.1, 0.15) is 17.1 Å². The number of aromatic nitrogens is 2. The van der Waals surface area contributed by atoms with E-state index in [-0.39, 0.29) is 12.6 Å². The van der Waals surface area contributed by atoms with Gasteiger partial charge in [0.05, 0.1) is 14.5 Å². The number of hydrogen-bond donors (Lipinski definition) is 0. The Kier molecular flexibility index (Phi) is 4.35. The van der Waals surface area contributed by atoms with E-state index in [0.29, 0.717) is 15.6 Å². The summed E-state index contributed by atoms with van der Waals surface area (Å²) in [6.45, 7) is 0.116. The Labute approximate surface area is 146 Å². The highest BCUT2D eigenvalue weighted by molar-refractivity contribution is 9.13. The van der Waals surface area contributed by atoms with E-state index in [1.165, 1.54) is 11.3 Å². The summed E-state index contributed by atoms with van der Waals surface area (Å²) in [7, 11) is 0. The number of halogens is 3. The first-order valence-electron chi connectivity index (χ1n) is 5.78. The van der Waals surface area contributed by atoms with Crippen molar-refractivity contribution in [1.29, 1.82) is 0 Å². The number of ether oxygens (including phenoxy) is 1. The van der Waals surface area contributed by atoms with E-state index in [0.717, 1.165) is 13.9 Å². The first-order valence-corrected chi connectivity index (χ1v) is 8.56. The van der Waals surface area contributed by atoms with Crippen molar-refractivity contribution < 1.29 is 9.53 Å². The maximum atomic E-state index is 11.9. The van der Waals surface area contributed by atoms with E-state index in [2.05, 4.69) is 36.8 Å². The summed E-state index contributed by atoms with van der Waals surface area (Å²) in [5.41, 5.74) is 1.42. The number of imidazole rings is 1. The molecule has 0 radical (unpaired) electrons. The van der Waals surface area contributed by atoms with Gasteiger partial charge in [0.15, 0.2) is 0 Å². The molecular weight excluding hydrogens is 443 g/mol. The smallest absolute Gasteiger partial charge is 0.348 e. The van der Waals surface area contributed by atoms with Crippen LogP contribution in [0.4, 0.5) is 0 Å². The van der Waals surface area contributed by atoms with Crippen molar-refractivity contribution in [2.75, 3.05) is 0 Å². The van der Waals surface area contributed by atoms with E-state index in [1.807, 2.05) is 0 Å². The van der Waals surface area contributed by atoms with Gasteiger partial charge in [-0.2, -0.15) is 0 Å².